The lowest BCUT2D eigenvalue weighted by molar-refractivity contribution is 0.122. The highest BCUT2D eigenvalue weighted by Crippen LogP contribution is 2.35. The van der Waals surface area contributed by atoms with Gasteiger partial charge in [-0.2, -0.15) is 0 Å². The zero-order valence-electron chi connectivity index (χ0n) is 17.1. The van der Waals surface area contributed by atoms with Crippen LogP contribution < -0.4 is 26.0 Å². The van der Waals surface area contributed by atoms with Gasteiger partial charge in [0.15, 0.2) is 5.66 Å². The number of hydrogen-bond acceptors (Lipinski definition) is 7. The molecule has 4 N–H and O–H groups in total. The van der Waals surface area contributed by atoms with E-state index in [4.69, 9.17) is 31.8 Å². The predicted octanol–water partition coefficient (Wildman–Crippen LogP) is 3.27. The van der Waals surface area contributed by atoms with E-state index < -0.39 is 5.66 Å². The van der Waals surface area contributed by atoms with Crippen LogP contribution in [0.5, 0.6) is 5.75 Å². The molecule has 158 valence electrons. The molecule has 2 aliphatic rings. The summed E-state index contributed by atoms with van der Waals surface area (Å²) in [6, 6.07) is 13.7. The highest BCUT2D eigenvalue weighted by molar-refractivity contribution is 6.32. The molecule has 7 nitrogen and oxygen atoms in total. The van der Waals surface area contributed by atoms with E-state index in [-0.39, 0.29) is 0 Å². The smallest absolute Gasteiger partial charge is 0.202 e. The minimum absolute atomic E-state index is 0.531. The quantitative estimate of drug-likeness (QED) is 0.694. The Morgan fingerprint density at radius 2 is 1.93 bits per heavy atom. The Hall–Kier alpha value is -2.74. The average Bonchev–Trinajstić information content (AvgIpc) is 2.78. The van der Waals surface area contributed by atoms with Crippen LogP contribution in [0.4, 0.5) is 11.4 Å². The third-order valence-electron chi connectivity index (χ3n) is 5.41. The summed E-state index contributed by atoms with van der Waals surface area (Å²) in [5.41, 5.74) is 9.45. The normalized spacial score (nSPS) is 21.4. The lowest BCUT2D eigenvalue weighted by Crippen LogP contribution is -2.44. The summed E-state index contributed by atoms with van der Waals surface area (Å²) in [6.07, 6.45) is 1.86. The van der Waals surface area contributed by atoms with Crippen molar-refractivity contribution in [3.05, 3.63) is 64.8 Å². The van der Waals surface area contributed by atoms with Crippen molar-refractivity contribution in [3.63, 3.8) is 0 Å². The summed E-state index contributed by atoms with van der Waals surface area (Å²) in [6.45, 7) is 5.28. The molecule has 30 heavy (non-hydrogen) atoms. The second kappa shape index (κ2) is 8.55. The van der Waals surface area contributed by atoms with Crippen LogP contribution in [0.2, 0.25) is 5.02 Å². The van der Waals surface area contributed by atoms with Gasteiger partial charge in [0.2, 0.25) is 5.96 Å². The number of nitrogens with zero attached hydrogens (tertiary/aromatic N) is 2. The summed E-state index contributed by atoms with van der Waals surface area (Å²) in [5, 5.41) is 7.01. The van der Waals surface area contributed by atoms with Crippen molar-refractivity contribution < 1.29 is 9.47 Å². The summed E-state index contributed by atoms with van der Waals surface area (Å²) in [4.78, 5) is 7.07. The highest BCUT2D eigenvalue weighted by atomic mass is 35.5. The van der Waals surface area contributed by atoms with Gasteiger partial charge in [0.1, 0.15) is 5.75 Å². The molecule has 2 heterocycles. The molecule has 2 aromatic carbocycles. The molecule has 0 radical (unpaired) electrons. The van der Waals surface area contributed by atoms with E-state index >= 15 is 0 Å². The van der Waals surface area contributed by atoms with Crippen LogP contribution in [0.3, 0.4) is 0 Å². The maximum atomic E-state index is 6.71. The molecule has 0 spiro atoms. The molecule has 2 aliphatic heterocycles. The highest BCUT2D eigenvalue weighted by Gasteiger charge is 2.33. The second-order valence-corrected chi connectivity index (χ2v) is 7.73. The Morgan fingerprint density at radius 3 is 2.63 bits per heavy atom. The fourth-order valence-electron chi connectivity index (χ4n) is 3.55. The van der Waals surface area contributed by atoms with Gasteiger partial charge in [0.05, 0.1) is 25.3 Å². The number of nitrogens with two attached hydrogens (primary N) is 1. The summed E-state index contributed by atoms with van der Waals surface area (Å²) in [5.74, 6) is 1.13. The molecule has 4 rings (SSSR count). The van der Waals surface area contributed by atoms with Gasteiger partial charge >= 0.3 is 0 Å². The third kappa shape index (κ3) is 4.09. The molecule has 2 aromatic rings. The lowest BCUT2D eigenvalue weighted by Gasteiger charge is -2.32. The van der Waals surface area contributed by atoms with Crippen LogP contribution in [0.15, 0.2) is 59.2 Å². The minimum Gasteiger partial charge on any atom is -0.495 e. The number of anilines is 2. The van der Waals surface area contributed by atoms with Crippen LogP contribution in [0.25, 0.3) is 0 Å². The summed E-state index contributed by atoms with van der Waals surface area (Å²) in [7, 11) is 1.58. The molecule has 1 unspecified atom stereocenters. The van der Waals surface area contributed by atoms with Crippen LogP contribution in [0.1, 0.15) is 12.5 Å². The number of rotatable bonds is 4. The van der Waals surface area contributed by atoms with Gasteiger partial charge in [-0.1, -0.05) is 17.7 Å². The number of ether oxygens (including phenoxy) is 2. The van der Waals surface area contributed by atoms with Crippen molar-refractivity contribution in [3.8, 4) is 5.75 Å². The molecule has 1 atom stereocenters. The number of benzene rings is 2. The molecule has 0 bridgehead atoms. The van der Waals surface area contributed by atoms with Gasteiger partial charge in [0, 0.05) is 36.2 Å². The molecule has 0 aromatic heterocycles. The third-order valence-corrected chi connectivity index (χ3v) is 5.72. The summed E-state index contributed by atoms with van der Waals surface area (Å²) >= 11 is 6.17. The second-order valence-electron chi connectivity index (χ2n) is 7.32. The van der Waals surface area contributed by atoms with Crippen LogP contribution in [-0.2, 0) is 10.4 Å². The van der Waals surface area contributed by atoms with E-state index in [0.717, 1.165) is 43.1 Å². The summed E-state index contributed by atoms with van der Waals surface area (Å²) < 4.78 is 10.8. The molecule has 0 amide bonds. The molecule has 8 heteroatoms. The van der Waals surface area contributed by atoms with Gasteiger partial charge in [-0.05, 0) is 48.9 Å². The zero-order chi connectivity index (χ0) is 21.1. The van der Waals surface area contributed by atoms with Gasteiger partial charge in [-0.3, -0.25) is 5.73 Å². The van der Waals surface area contributed by atoms with E-state index in [1.165, 1.54) is 5.69 Å². The molecule has 0 aliphatic carbocycles. The largest absolute Gasteiger partial charge is 0.495 e. The van der Waals surface area contributed by atoms with Gasteiger partial charge < -0.3 is 25.0 Å². The van der Waals surface area contributed by atoms with Crippen molar-refractivity contribution >= 4 is 28.9 Å². The van der Waals surface area contributed by atoms with Crippen molar-refractivity contribution in [2.45, 2.75) is 12.6 Å². The van der Waals surface area contributed by atoms with Crippen molar-refractivity contribution in [1.29, 1.82) is 0 Å². The van der Waals surface area contributed by atoms with E-state index in [1.54, 1.807) is 13.2 Å². The average molecular weight is 428 g/mol. The van der Waals surface area contributed by atoms with E-state index in [0.29, 0.717) is 16.7 Å². The fraction of sp³-hybridized carbons (Fsp3) is 0.318. The molecule has 1 saturated heterocycles. The van der Waals surface area contributed by atoms with E-state index in [1.807, 2.05) is 37.4 Å². The van der Waals surface area contributed by atoms with E-state index in [9.17, 15) is 0 Å². The first kappa shape index (κ1) is 20.5. The Labute approximate surface area is 181 Å². The Bertz CT molecular complexity index is 970. The minimum atomic E-state index is -1.03. The zero-order valence-corrected chi connectivity index (χ0v) is 17.9. The fourth-order valence-corrected chi connectivity index (χ4v) is 3.75. The number of halogens is 1. The first-order valence-corrected chi connectivity index (χ1v) is 10.2. The Kier molecular flexibility index (Phi) is 5.85. The van der Waals surface area contributed by atoms with Gasteiger partial charge in [-0.15, -0.1) is 0 Å². The topological polar surface area (TPSA) is 84.1 Å². The number of nitrogens with one attached hydrogen (secondary N) is 2. The van der Waals surface area contributed by atoms with Crippen LogP contribution in [0, 0.1) is 0 Å². The van der Waals surface area contributed by atoms with E-state index in [2.05, 4.69) is 27.7 Å². The number of methoxy groups -OCH3 is 1. The number of morpholine rings is 1. The molecule has 0 saturated carbocycles. The Morgan fingerprint density at radius 1 is 1.20 bits per heavy atom. The van der Waals surface area contributed by atoms with Crippen molar-refractivity contribution in [2.24, 2.45) is 10.7 Å². The first-order chi connectivity index (χ1) is 14.5. The van der Waals surface area contributed by atoms with Crippen LogP contribution in [-0.4, -0.2) is 39.4 Å². The van der Waals surface area contributed by atoms with Crippen molar-refractivity contribution in [2.75, 3.05) is 43.6 Å². The number of aliphatic imine (C=N–C) groups is 1. The van der Waals surface area contributed by atoms with Crippen molar-refractivity contribution in [1.82, 2.24) is 5.32 Å². The SMILES string of the molecule is COc1cc(C2(N)N=C(Nc3ccc(N4CCOCC4)cc3)NC=C2C)ccc1Cl. The Balaban J connectivity index is 1.54. The first-order valence-electron chi connectivity index (χ1n) is 9.86. The molecule has 1 fully saturated rings. The molecular formula is C22H26ClN5O2. The number of hydrogen-bond donors (Lipinski definition) is 3. The standard InChI is InChI=1S/C22H26ClN5O2/c1-15-14-25-21(27-22(15,24)16-3-8-19(23)20(13-16)29-2)26-17-4-6-18(7-5-17)28-9-11-30-12-10-28/h3-8,13-14H,9-12,24H2,1-2H3,(H2,25,26,27). The predicted molar refractivity (Wildman–Crippen MR) is 121 cm³/mol. The molecular weight excluding hydrogens is 402 g/mol. The lowest BCUT2D eigenvalue weighted by atomic mass is 9.93. The maximum Gasteiger partial charge on any atom is 0.202 e. The maximum absolute atomic E-state index is 6.71. The number of guanidine groups is 1. The van der Waals surface area contributed by atoms with Gasteiger partial charge in [-0.25, -0.2) is 4.99 Å². The van der Waals surface area contributed by atoms with Crippen LogP contribution >= 0.6 is 11.6 Å². The monoisotopic (exact) mass is 427 g/mol. The van der Waals surface area contributed by atoms with Gasteiger partial charge in [0.25, 0.3) is 0 Å².